The Hall–Kier alpha value is -1.58. The summed E-state index contributed by atoms with van der Waals surface area (Å²) in [6, 6.07) is 4.21. The average Bonchev–Trinajstić information content (AvgIpc) is 3.10. The Balaban J connectivity index is 2.32. The van der Waals surface area contributed by atoms with Crippen LogP contribution in [-0.4, -0.2) is 24.2 Å². The van der Waals surface area contributed by atoms with Crippen molar-refractivity contribution in [1.29, 1.82) is 0 Å². The Labute approximate surface area is 99.9 Å². The summed E-state index contributed by atoms with van der Waals surface area (Å²) in [7, 11) is 1.86. The van der Waals surface area contributed by atoms with Gasteiger partial charge in [-0.1, -0.05) is 0 Å². The van der Waals surface area contributed by atoms with Gasteiger partial charge in [-0.25, -0.2) is 9.18 Å². The molecule has 1 atom stereocenters. The fourth-order valence-electron chi connectivity index (χ4n) is 2.10. The van der Waals surface area contributed by atoms with Gasteiger partial charge in [-0.05, 0) is 43.9 Å². The maximum atomic E-state index is 13.1. The van der Waals surface area contributed by atoms with Crippen LogP contribution >= 0.6 is 0 Å². The van der Waals surface area contributed by atoms with Gasteiger partial charge in [0.25, 0.3) is 0 Å². The minimum absolute atomic E-state index is 0.0278. The van der Waals surface area contributed by atoms with Crippen LogP contribution < -0.4 is 4.90 Å². The van der Waals surface area contributed by atoms with Crippen molar-refractivity contribution in [3.8, 4) is 0 Å². The maximum absolute atomic E-state index is 13.1. The number of carboxylic acid groups (broad SMARTS) is 1. The van der Waals surface area contributed by atoms with E-state index in [-0.39, 0.29) is 5.56 Å². The minimum atomic E-state index is -1.09. The molecule has 1 aliphatic carbocycles. The fraction of sp³-hybridized carbons (Fsp3) is 0.462. The topological polar surface area (TPSA) is 40.5 Å². The molecule has 1 saturated carbocycles. The number of benzene rings is 1. The molecule has 3 nitrogen and oxygen atoms in total. The van der Waals surface area contributed by atoms with Crippen molar-refractivity contribution in [2.24, 2.45) is 5.92 Å². The molecular weight excluding hydrogens is 221 g/mol. The highest BCUT2D eigenvalue weighted by atomic mass is 19.1. The van der Waals surface area contributed by atoms with E-state index in [1.807, 2.05) is 11.9 Å². The van der Waals surface area contributed by atoms with Crippen molar-refractivity contribution in [3.63, 3.8) is 0 Å². The maximum Gasteiger partial charge on any atom is 0.337 e. The lowest BCUT2D eigenvalue weighted by Gasteiger charge is -2.28. The lowest BCUT2D eigenvalue weighted by molar-refractivity contribution is 0.0697. The smallest absolute Gasteiger partial charge is 0.337 e. The van der Waals surface area contributed by atoms with Crippen LogP contribution in [0.25, 0.3) is 0 Å². The van der Waals surface area contributed by atoms with E-state index in [9.17, 15) is 9.18 Å². The summed E-state index contributed by atoms with van der Waals surface area (Å²) in [5, 5.41) is 9.08. The van der Waals surface area contributed by atoms with Crippen LogP contribution in [0.1, 0.15) is 30.1 Å². The van der Waals surface area contributed by atoms with E-state index in [1.54, 1.807) is 0 Å². The minimum Gasteiger partial charge on any atom is -0.478 e. The summed E-state index contributed by atoms with van der Waals surface area (Å²) in [5.74, 6) is -0.973. The summed E-state index contributed by atoms with van der Waals surface area (Å²) in [6.07, 6.45) is 2.38. The van der Waals surface area contributed by atoms with Gasteiger partial charge in [0.1, 0.15) is 5.82 Å². The number of anilines is 1. The van der Waals surface area contributed by atoms with Gasteiger partial charge in [-0.15, -0.1) is 0 Å². The Morgan fingerprint density at radius 2 is 2.18 bits per heavy atom. The normalized spacial score (nSPS) is 16.6. The van der Waals surface area contributed by atoms with Gasteiger partial charge < -0.3 is 10.0 Å². The van der Waals surface area contributed by atoms with E-state index in [1.165, 1.54) is 25.0 Å². The molecule has 92 valence electrons. The van der Waals surface area contributed by atoms with Crippen LogP contribution in [0, 0.1) is 11.7 Å². The molecule has 0 amide bonds. The zero-order valence-electron chi connectivity index (χ0n) is 9.98. The van der Waals surface area contributed by atoms with Gasteiger partial charge in [0.15, 0.2) is 0 Å². The first kappa shape index (κ1) is 11.9. The second-order valence-corrected chi connectivity index (χ2v) is 4.66. The molecular formula is C13H16FNO2. The van der Waals surface area contributed by atoms with Crippen LogP contribution in [0.3, 0.4) is 0 Å². The zero-order chi connectivity index (χ0) is 12.6. The molecule has 1 aromatic rings. The summed E-state index contributed by atoms with van der Waals surface area (Å²) >= 11 is 0. The molecule has 0 spiro atoms. The predicted octanol–water partition coefficient (Wildman–Crippen LogP) is 2.76. The van der Waals surface area contributed by atoms with Crippen molar-refractivity contribution < 1.29 is 14.3 Å². The molecule has 2 rings (SSSR count). The number of carbonyl (C=O) groups is 1. The third-order valence-corrected chi connectivity index (χ3v) is 3.48. The van der Waals surface area contributed by atoms with Crippen LogP contribution in [0.15, 0.2) is 18.2 Å². The molecule has 17 heavy (non-hydrogen) atoms. The third kappa shape index (κ3) is 2.40. The molecule has 1 aliphatic rings. The van der Waals surface area contributed by atoms with Crippen LogP contribution in [0.5, 0.6) is 0 Å². The summed E-state index contributed by atoms with van der Waals surface area (Å²) in [6.45, 7) is 2.08. The molecule has 0 heterocycles. The summed E-state index contributed by atoms with van der Waals surface area (Å²) in [4.78, 5) is 13.0. The third-order valence-electron chi connectivity index (χ3n) is 3.48. The van der Waals surface area contributed by atoms with Gasteiger partial charge in [0, 0.05) is 13.1 Å². The quantitative estimate of drug-likeness (QED) is 0.875. The Morgan fingerprint density at radius 1 is 1.53 bits per heavy atom. The largest absolute Gasteiger partial charge is 0.478 e. The Bertz CT molecular complexity index is 443. The molecule has 4 heteroatoms. The van der Waals surface area contributed by atoms with E-state index >= 15 is 0 Å². The number of rotatable bonds is 4. The van der Waals surface area contributed by atoms with E-state index in [0.29, 0.717) is 17.6 Å². The Kier molecular flexibility index (Phi) is 3.05. The monoisotopic (exact) mass is 237 g/mol. The van der Waals surface area contributed by atoms with E-state index in [4.69, 9.17) is 5.11 Å². The van der Waals surface area contributed by atoms with Crippen LogP contribution in [0.4, 0.5) is 10.1 Å². The first-order chi connectivity index (χ1) is 8.00. The van der Waals surface area contributed by atoms with Crippen LogP contribution in [-0.2, 0) is 0 Å². The van der Waals surface area contributed by atoms with Gasteiger partial charge in [0.2, 0.25) is 0 Å². The molecule has 1 unspecified atom stereocenters. The van der Waals surface area contributed by atoms with Crippen molar-refractivity contribution >= 4 is 11.7 Å². The number of nitrogens with zero attached hydrogens (tertiary/aromatic N) is 1. The number of aromatic carboxylic acids is 1. The first-order valence-corrected chi connectivity index (χ1v) is 5.76. The molecule has 0 saturated heterocycles. The highest BCUT2D eigenvalue weighted by molar-refractivity contribution is 5.94. The SMILES string of the molecule is CC(C1CC1)N(C)c1ccc(F)cc1C(=O)O. The second kappa shape index (κ2) is 4.35. The summed E-state index contributed by atoms with van der Waals surface area (Å²) < 4.78 is 13.1. The zero-order valence-corrected chi connectivity index (χ0v) is 9.98. The lowest BCUT2D eigenvalue weighted by Crippen LogP contribution is -2.31. The van der Waals surface area contributed by atoms with Crippen molar-refractivity contribution in [2.75, 3.05) is 11.9 Å². The highest BCUT2D eigenvalue weighted by Crippen LogP contribution is 2.37. The highest BCUT2D eigenvalue weighted by Gasteiger charge is 2.31. The van der Waals surface area contributed by atoms with E-state index in [0.717, 1.165) is 6.07 Å². The van der Waals surface area contributed by atoms with Gasteiger partial charge >= 0.3 is 5.97 Å². The molecule has 1 fully saturated rings. The number of hydrogen-bond donors (Lipinski definition) is 1. The van der Waals surface area contributed by atoms with Gasteiger partial charge in [0.05, 0.1) is 11.3 Å². The van der Waals surface area contributed by atoms with E-state index in [2.05, 4.69) is 6.92 Å². The predicted molar refractivity (Wildman–Crippen MR) is 63.9 cm³/mol. The van der Waals surface area contributed by atoms with Crippen molar-refractivity contribution in [1.82, 2.24) is 0 Å². The molecule has 1 aromatic carbocycles. The average molecular weight is 237 g/mol. The molecule has 0 aliphatic heterocycles. The van der Waals surface area contributed by atoms with Gasteiger partial charge in [-0.2, -0.15) is 0 Å². The second-order valence-electron chi connectivity index (χ2n) is 4.66. The van der Waals surface area contributed by atoms with Gasteiger partial charge in [-0.3, -0.25) is 0 Å². The van der Waals surface area contributed by atoms with E-state index < -0.39 is 11.8 Å². The number of hydrogen-bond acceptors (Lipinski definition) is 2. The molecule has 0 bridgehead atoms. The van der Waals surface area contributed by atoms with Crippen LogP contribution in [0.2, 0.25) is 0 Å². The van der Waals surface area contributed by atoms with Crippen molar-refractivity contribution in [2.45, 2.75) is 25.8 Å². The molecule has 0 radical (unpaired) electrons. The standard InChI is InChI=1S/C13H16FNO2/c1-8(9-3-4-9)15(2)12-6-5-10(14)7-11(12)13(16)17/h5-9H,3-4H2,1-2H3,(H,16,17). The fourth-order valence-corrected chi connectivity index (χ4v) is 2.10. The first-order valence-electron chi connectivity index (χ1n) is 5.76. The molecule has 0 aromatic heterocycles. The lowest BCUT2D eigenvalue weighted by atomic mass is 10.1. The number of halogens is 1. The van der Waals surface area contributed by atoms with Crippen molar-refractivity contribution in [3.05, 3.63) is 29.6 Å². The Morgan fingerprint density at radius 3 is 2.71 bits per heavy atom. The number of carboxylic acids is 1. The molecule has 1 N–H and O–H groups in total. The summed E-state index contributed by atoms with van der Waals surface area (Å²) in [5.41, 5.74) is 0.610.